The van der Waals surface area contributed by atoms with Crippen LogP contribution in [0.15, 0.2) is 23.3 Å². The molecule has 3 rings (SSSR count). The molecule has 3 heterocycles. The Morgan fingerprint density at radius 1 is 1.32 bits per heavy atom. The van der Waals surface area contributed by atoms with Crippen molar-refractivity contribution in [1.82, 2.24) is 20.5 Å². The van der Waals surface area contributed by atoms with Crippen molar-refractivity contribution in [2.45, 2.75) is 45.4 Å². The van der Waals surface area contributed by atoms with Crippen LogP contribution in [-0.2, 0) is 11.3 Å². The van der Waals surface area contributed by atoms with Gasteiger partial charge in [0.2, 0.25) is 0 Å². The Bertz CT molecular complexity index is 611. The fourth-order valence-corrected chi connectivity index (χ4v) is 3.90. The van der Waals surface area contributed by atoms with Gasteiger partial charge in [-0.1, -0.05) is 13.0 Å². The molecule has 158 valence electrons. The molecule has 8 heteroatoms. The lowest BCUT2D eigenvalue weighted by molar-refractivity contribution is 0.0529. The van der Waals surface area contributed by atoms with Gasteiger partial charge in [0.15, 0.2) is 5.96 Å². The third kappa shape index (κ3) is 6.45. The lowest BCUT2D eigenvalue weighted by atomic mass is 10.2. The molecule has 2 N–H and O–H groups in total. The smallest absolute Gasteiger partial charge is 0.191 e. The fourth-order valence-electron chi connectivity index (χ4n) is 3.90. The Labute approximate surface area is 186 Å². The van der Waals surface area contributed by atoms with E-state index in [0.717, 1.165) is 50.1 Å². The first-order valence-corrected chi connectivity index (χ1v) is 10.2. The molecular formula is C20H35IN6O. The number of ether oxygens (including phenoxy) is 1. The van der Waals surface area contributed by atoms with Crippen molar-refractivity contribution >= 4 is 35.8 Å². The van der Waals surface area contributed by atoms with Crippen LogP contribution in [0.4, 0.5) is 5.82 Å². The van der Waals surface area contributed by atoms with E-state index in [1.165, 1.54) is 19.4 Å². The number of pyridine rings is 1. The Balaban J connectivity index is 0.00000280. The van der Waals surface area contributed by atoms with E-state index in [1.807, 2.05) is 13.2 Å². The van der Waals surface area contributed by atoms with Crippen LogP contribution in [0.5, 0.6) is 0 Å². The molecule has 0 saturated carbocycles. The van der Waals surface area contributed by atoms with Gasteiger partial charge in [-0.2, -0.15) is 0 Å². The van der Waals surface area contributed by atoms with Gasteiger partial charge in [0.1, 0.15) is 5.82 Å². The average molecular weight is 502 g/mol. The molecule has 2 unspecified atom stereocenters. The van der Waals surface area contributed by atoms with Gasteiger partial charge in [0.25, 0.3) is 0 Å². The van der Waals surface area contributed by atoms with Gasteiger partial charge in [0, 0.05) is 45.5 Å². The summed E-state index contributed by atoms with van der Waals surface area (Å²) in [5.41, 5.74) is 1.15. The number of aliphatic imine (C=N–C) groups is 1. The highest BCUT2D eigenvalue weighted by atomic mass is 127. The van der Waals surface area contributed by atoms with Gasteiger partial charge in [-0.15, -0.1) is 24.0 Å². The first kappa shape index (κ1) is 23.2. The molecule has 0 bridgehead atoms. The Hall–Kier alpha value is -1.13. The second-order valence-electron chi connectivity index (χ2n) is 7.38. The predicted octanol–water partition coefficient (Wildman–Crippen LogP) is 2.07. The van der Waals surface area contributed by atoms with Gasteiger partial charge in [-0.25, -0.2) is 4.98 Å². The zero-order chi connectivity index (χ0) is 19.1. The van der Waals surface area contributed by atoms with Crippen LogP contribution < -0.4 is 15.5 Å². The zero-order valence-electron chi connectivity index (χ0n) is 17.4. The summed E-state index contributed by atoms with van der Waals surface area (Å²) in [4.78, 5) is 13.8. The molecule has 0 aliphatic carbocycles. The summed E-state index contributed by atoms with van der Waals surface area (Å²) < 4.78 is 5.60. The first-order valence-electron chi connectivity index (χ1n) is 10.2. The number of nitrogens with one attached hydrogen (secondary N) is 2. The number of anilines is 1. The van der Waals surface area contributed by atoms with Crippen LogP contribution in [-0.4, -0.2) is 74.4 Å². The van der Waals surface area contributed by atoms with Gasteiger partial charge in [-0.05, 0) is 44.5 Å². The number of hydrogen-bond donors (Lipinski definition) is 2. The van der Waals surface area contributed by atoms with Crippen molar-refractivity contribution in [3.05, 3.63) is 23.9 Å². The predicted molar refractivity (Wildman–Crippen MR) is 126 cm³/mol. The van der Waals surface area contributed by atoms with Crippen LogP contribution >= 0.6 is 24.0 Å². The van der Waals surface area contributed by atoms with Crippen LogP contribution in [0.2, 0.25) is 0 Å². The average Bonchev–Trinajstić information content (AvgIpc) is 3.16. The molecule has 2 atom stereocenters. The molecule has 2 aliphatic rings. The van der Waals surface area contributed by atoms with Crippen molar-refractivity contribution in [1.29, 1.82) is 0 Å². The fraction of sp³-hybridized carbons (Fsp3) is 0.700. The van der Waals surface area contributed by atoms with E-state index >= 15 is 0 Å². The minimum absolute atomic E-state index is 0. The second kappa shape index (κ2) is 11.8. The molecule has 0 radical (unpaired) electrons. The Morgan fingerprint density at radius 3 is 2.86 bits per heavy atom. The topological polar surface area (TPSA) is 65.0 Å². The summed E-state index contributed by atoms with van der Waals surface area (Å²) in [6.45, 7) is 10.9. The van der Waals surface area contributed by atoms with Gasteiger partial charge >= 0.3 is 0 Å². The number of hydrogen-bond acceptors (Lipinski definition) is 5. The summed E-state index contributed by atoms with van der Waals surface area (Å²) in [6, 6.07) is 4.85. The Kier molecular flexibility index (Phi) is 9.73. The van der Waals surface area contributed by atoms with E-state index in [-0.39, 0.29) is 30.1 Å². The maximum absolute atomic E-state index is 5.60. The van der Waals surface area contributed by atoms with Crippen molar-refractivity contribution in [3.63, 3.8) is 0 Å². The number of morpholine rings is 1. The highest BCUT2D eigenvalue weighted by molar-refractivity contribution is 14.0. The minimum Gasteiger partial charge on any atom is -0.375 e. The molecular weight excluding hydrogens is 467 g/mol. The minimum atomic E-state index is 0. The lowest BCUT2D eigenvalue weighted by Gasteiger charge is -2.32. The number of aromatic nitrogens is 1. The van der Waals surface area contributed by atoms with Crippen LogP contribution in [0.3, 0.4) is 0 Å². The zero-order valence-corrected chi connectivity index (χ0v) is 19.7. The molecule has 2 aliphatic heterocycles. The lowest BCUT2D eigenvalue weighted by Crippen LogP contribution is -2.44. The van der Waals surface area contributed by atoms with Crippen LogP contribution in [0.1, 0.15) is 32.3 Å². The SMILES string of the molecule is CCN1CCCC1CNC(=NC)NCc1ccc(N2CCOC(C)C2)nc1.I. The molecule has 0 amide bonds. The standard InChI is InChI=1S/C20H34N6O.HI/c1-4-25-9-5-6-18(25)14-24-20(21-3)23-13-17-7-8-19(22-12-17)26-10-11-27-16(2)15-26;/h7-8,12,16,18H,4-6,9-11,13-15H2,1-3H3,(H2,21,23,24);1H. The maximum Gasteiger partial charge on any atom is 0.191 e. The number of rotatable bonds is 6. The van der Waals surface area contributed by atoms with E-state index in [0.29, 0.717) is 12.6 Å². The summed E-state index contributed by atoms with van der Waals surface area (Å²) in [5, 5.41) is 6.86. The van der Waals surface area contributed by atoms with E-state index < -0.39 is 0 Å². The third-order valence-corrected chi connectivity index (χ3v) is 5.47. The van der Waals surface area contributed by atoms with Gasteiger partial charge < -0.3 is 20.3 Å². The molecule has 1 aromatic heterocycles. The van der Waals surface area contributed by atoms with E-state index in [1.54, 1.807) is 0 Å². The molecule has 2 fully saturated rings. The largest absolute Gasteiger partial charge is 0.375 e. The summed E-state index contributed by atoms with van der Waals surface area (Å²) in [7, 11) is 1.82. The Morgan fingerprint density at radius 2 is 2.18 bits per heavy atom. The normalized spacial score (nSPS) is 23.4. The van der Waals surface area contributed by atoms with E-state index in [2.05, 4.69) is 56.4 Å². The van der Waals surface area contributed by atoms with Crippen LogP contribution in [0, 0.1) is 0 Å². The molecule has 0 spiro atoms. The number of nitrogens with zero attached hydrogens (tertiary/aromatic N) is 4. The van der Waals surface area contributed by atoms with E-state index in [4.69, 9.17) is 4.74 Å². The summed E-state index contributed by atoms with van der Waals surface area (Å²) in [5.74, 6) is 1.88. The maximum atomic E-state index is 5.60. The number of likely N-dealkylation sites (N-methyl/N-ethyl adjacent to an activating group) is 1. The first-order chi connectivity index (χ1) is 13.2. The quantitative estimate of drug-likeness (QED) is 0.353. The molecule has 28 heavy (non-hydrogen) atoms. The highest BCUT2D eigenvalue weighted by Crippen LogP contribution is 2.16. The van der Waals surface area contributed by atoms with Gasteiger partial charge in [-0.3, -0.25) is 9.89 Å². The van der Waals surface area contributed by atoms with Gasteiger partial charge in [0.05, 0.1) is 12.7 Å². The van der Waals surface area contributed by atoms with Crippen molar-refractivity contribution in [3.8, 4) is 0 Å². The van der Waals surface area contributed by atoms with Crippen molar-refractivity contribution in [2.75, 3.05) is 51.3 Å². The number of halogens is 1. The van der Waals surface area contributed by atoms with Crippen molar-refractivity contribution in [2.24, 2.45) is 4.99 Å². The van der Waals surface area contributed by atoms with E-state index in [9.17, 15) is 0 Å². The monoisotopic (exact) mass is 502 g/mol. The highest BCUT2D eigenvalue weighted by Gasteiger charge is 2.22. The third-order valence-electron chi connectivity index (χ3n) is 5.47. The summed E-state index contributed by atoms with van der Waals surface area (Å²) in [6.07, 6.45) is 4.78. The molecule has 0 aromatic carbocycles. The number of likely N-dealkylation sites (tertiary alicyclic amines) is 1. The second-order valence-corrected chi connectivity index (χ2v) is 7.38. The molecule has 1 aromatic rings. The molecule has 2 saturated heterocycles. The van der Waals surface area contributed by atoms with Crippen LogP contribution in [0.25, 0.3) is 0 Å². The number of guanidine groups is 1. The molecule has 7 nitrogen and oxygen atoms in total. The van der Waals surface area contributed by atoms with Crippen molar-refractivity contribution < 1.29 is 4.74 Å². The summed E-state index contributed by atoms with van der Waals surface area (Å²) >= 11 is 0.